The van der Waals surface area contributed by atoms with Crippen LogP contribution in [0.3, 0.4) is 0 Å². The number of benzene rings is 1. The van der Waals surface area contributed by atoms with Gasteiger partial charge in [-0.25, -0.2) is 0 Å². The molecule has 0 atom stereocenters. The van der Waals surface area contributed by atoms with Crippen molar-refractivity contribution in [3.63, 3.8) is 0 Å². The molecule has 1 amide bonds. The highest BCUT2D eigenvalue weighted by Gasteiger charge is 2.29. The van der Waals surface area contributed by atoms with E-state index in [-0.39, 0.29) is 0 Å². The van der Waals surface area contributed by atoms with Crippen LogP contribution in [0.5, 0.6) is 0 Å². The van der Waals surface area contributed by atoms with Crippen LogP contribution in [0.2, 0.25) is 5.02 Å². The molecule has 0 saturated heterocycles. The predicted molar refractivity (Wildman–Crippen MR) is 67.4 cm³/mol. The van der Waals surface area contributed by atoms with E-state index in [1.807, 2.05) is 6.07 Å². The number of hydrogen-bond acceptors (Lipinski definition) is 2. The van der Waals surface area contributed by atoms with Crippen LogP contribution in [0, 0.1) is 0 Å². The van der Waals surface area contributed by atoms with E-state index in [1.54, 1.807) is 12.1 Å². The van der Waals surface area contributed by atoms with Crippen molar-refractivity contribution in [2.75, 3.05) is 19.8 Å². The summed E-state index contributed by atoms with van der Waals surface area (Å²) in [6.45, 7) is -1.18. The van der Waals surface area contributed by atoms with Gasteiger partial charge >= 0.3 is 6.18 Å². The van der Waals surface area contributed by atoms with Gasteiger partial charge in [0, 0.05) is 18.1 Å². The molecule has 0 unspecified atom stereocenters. The monoisotopic (exact) mass is 307 g/mol. The van der Waals surface area contributed by atoms with Crippen molar-refractivity contribution in [3.8, 4) is 0 Å². The quantitative estimate of drug-likeness (QED) is 0.859. The number of hydrogen-bond donors (Lipinski definition) is 0. The molecule has 1 heterocycles. The lowest BCUT2D eigenvalue weighted by Gasteiger charge is -2.29. The number of ether oxygens (including phenoxy) is 1. The smallest absolute Gasteiger partial charge is 0.362 e. The number of rotatable bonds is 3. The molecule has 0 N–H and O–H groups in total. The first-order chi connectivity index (χ1) is 9.37. The van der Waals surface area contributed by atoms with Crippen LogP contribution in [-0.4, -0.2) is 36.7 Å². The van der Waals surface area contributed by atoms with Crippen LogP contribution in [-0.2, 0) is 22.5 Å². The van der Waals surface area contributed by atoms with Gasteiger partial charge in [0.2, 0.25) is 5.91 Å². The number of carbonyl (C=O) groups is 1. The van der Waals surface area contributed by atoms with Crippen LogP contribution in [0.15, 0.2) is 18.2 Å². The molecule has 0 fully saturated rings. The molecule has 0 bridgehead atoms. The Bertz CT molecular complexity index is 505. The van der Waals surface area contributed by atoms with E-state index in [2.05, 4.69) is 4.74 Å². The Morgan fingerprint density at radius 3 is 2.85 bits per heavy atom. The Labute approximate surface area is 119 Å². The second-order valence-electron chi connectivity index (χ2n) is 4.55. The summed E-state index contributed by atoms with van der Waals surface area (Å²) in [4.78, 5) is 13.3. The minimum Gasteiger partial charge on any atom is -0.362 e. The molecule has 7 heteroatoms. The van der Waals surface area contributed by atoms with Crippen molar-refractivity contribution >= 4 is 17.5 Å². The van der Waals surface area contributed by atoms with Gasteiger partial charge in [-0.1, -0.05) is 23.7 Å². The van der Waals surface area contributed by atoms with Gasteiger partial charge in [0.25, 0.3) is 0 Å². The molecule has 1 aliphatic rings. The maximum atomic E-state index is 11.9. The Balaban J connectivity index is 1.91. The SMILES string of the molecule is O=C(COCC(F)(F)F)N1CCc2c(Cl)cccc2C1. The maximum Gasteiger partial charge on any atom is 0.411 e. The van der Waals surface area contributed by atoms with Gasteiger partial charge in [-0.3, -0.25) is 4.79 Å². The Morgan fingerprint density at radius 1 is 1.40 bits per heavy atom. The molecule has 0 saturated carbocycles. The second kappa shape index (κ2) is 6.01. The molecule has 0 aromatic heterocycles. The van der Waals surface area contributed by atoms with E-state index in [0.717, 1.165) is 11.1 Å². The zero-order chi connectivity index (χ0) is 14.8. The topological polar surface area (TPSA) is 29.5 Å². The van der Waals surface area contributed by atoms with Crippen molar-refractivity contribution in [1.82, 2.24) is 4.90 Å². The maximum absolute atomic E-state index is 11.9. The molecule has 1 aromatic carbocycles. The highest BCUT2D eigenvalue weighted by molar-refractivity contribution is 6.31. The molecular formula is C13H13ClF3NO2. The van der Waals surface area contributed by atoms with Crippen molar-refractivity contribution in [3.05, 3.63) is 34.3 Å². The van der Waals surface area contributed by atoms with Gasteiger partial charge < -0.3 is 9.64 Å². The van der Waals surface area contributed by atoms with E-state index in [9.17, 15) is 18.0 Å². The van der Waals surface area contributed by atoms with E-state index < -0.39 is 25.3 Å². The summed E-state index contributed by atoms with van der Waals surface area (Å²) in [6.07, 6.45) is -3.82. The van der Waals surface area contributed by atoms with Crippen molar-refractivity contribution < 1.29 is 22.7 Å². The second-order valence-corrected chi connectivity index (χ2v) is 4.96. The van der Waals surface area contributed by atoms with Gasteiger partial charge in [0.15, 0.2) is 0 Å². The largest absolute Gasteiger partial charge is 0.411 e. The summed E-state index contributed by atoms with van der Waals surface area (Å²) in [5.74, 6) is -0.445. The lowest BCUT2D eigenvalue weighted by Crippen LogP contribution is -2.38. The molecule has 0 radical (unpaired) electrons. The van der Waals surface area contributed by atoms with Gasteiger partial charge in [-0.2, -0.15) is 13.2 Å². The van der Waals surface area contributed by atoms with Gasteiger partial charge in [-0.05, 0) is 23.6 Å². The molecule has 0 spiro atoms. The highest BCUT2D eigenvalue weighted by atomic mass is 35.5. The van der Waals surface area contributed by atoms with Crippen LogP contribution >= 0.6 is 11.6 Å². The average molecular weight is 308 g/mol. The zero-order valence-electron chi connectivity index (χ0n) is 10.5. The number of fused-ring (bicyclic) bond motifs is 1. The van der Waals surface area contributed by atoms with Crippen LogP contribution in [0.1, 0.15) is 11.1 Å². The summed E-state index contributed by atoms with van der Waals surface area (Å²) in [5.41, 5.74) is 1.92. The summed E-state index contributed by atoms with van der Waals surface area (Å²) in [5, 5.41) is 0.655. The molecule has 2 rings (SSSR count). The number of nitrogens with zero attached hydrogens (tertiary/aromatic N) is 1. The fourth-order valence-corrected chi connectivity index (χ4v) is 2.41. The van der Waals surface area contributed by atoms with Crippen LogP contribution in [0.25, 0.3) is 0 Å². The summed E-state index contributed by atoms with van der Waals surface area (Å²) >= 11 is 6.05. The van der Waals surface area contributed by atoms with E-state index in [1.165, 1.54) is 4.90 Å². The molecule has 1 aliphatic heterocycles. The first kappa shape index (κ1) is 15.1. The predicted octanol–water partition coefficient (Wildman–Crippen LogP) is 2.80. The van der Waals surface area contributed by atoms with Gasteiger partial charge in [0.1, 0.15) is 13.2 Å². The Kier molecular flexibility index (Phi) is 4.55. The number of halogens is 4. The molecule has 3 nitrogen and oxygen atoms in total. The van der Waals surface area contributed by atoms with Gasteiger partial charge in [-0.15, -0.1) is 0 Å². The van der Waals surface area contributed by atoms with Crippen LogP contribution < -0.4 is 0 Å². The average Bonchev–Trinajstić information content (AvgIpc) is 2.37. The highest BCUT2D eigenvalue weighted by Crippen LogP contribution is 2.26. The molecule has 0 aliphatic carbocycles. The van der Waals surface area contributed by atoms with E-state index >= 15 is 0 Å². The van der Waals surface area contributed by atoms with Gasteiger partial charge in [0.05, 0.1) is 0 Å². The summed E-state index contributed by atoms with van der Waals surface area (Å²) < 4.78 is 40.2. The third-order valence-electron chi connectivity index (χ3n) is 3.05. The first-order valence-electron chi connectivity index (χ1n) is 6.05. The van der Waals surface area contributed by atoms with Crippen LogP contribution in [0.4, 0.5) is 13.2 Å². The summed E-state index contributed by atoms with van der Waals surface area (Å²) in [7, 11) is 0. The van der Waals surface area contributed by atoms with Crippen molar-refractivity contribution in [2.45, 2.75) is 19.1 Å². The fraction of sp³-hybridized carbons (Fsp3) is 0.462. The third kappa shape index (κ3) is 3.86. The Morgan fingerprint density at radius 2 is 2.15 bits per heavy atom. The first-order valence-corrected chi connectivity index (χ1v) is 6.43. The number of carbonyl (C=O) groups excluding carboxylic acids is 1. The lowest BCUT2D eigenvalue weighted by molar-refractivity contribution is -0.178. The van der Waals surface area contributed by atoms with E-state index in [4.69, 9.17) is 11.6 Å². The van der Waals surface area contributed by atoms with E-state index in [0.29, 0.717) is 24.5 Å². The molecular weight excluding hydrogens is 295 g/mol. The van der Waals surface area contributed by atoms with Crippen molar-refractivity contribution in [1.29, 1.82) is 0 Å². The standard InChI is InChI=1S/C13H13ClF3NO2/c14-11-3-1-2-9-6-18(5-4-10(9)11)12(19)7-20-8-13(15,16)17/h1-3H,4-8H2. The number of alkyl halides is 3. The molecule has 20 heavy (non-hydrogen) atoms. The molecule has 1 aromatic rings. The fourth-order valence-electron chi connectivity index (χ4n) is 2.12. The third-order valence-corrected chi connectivity index (χ3v) is 3.41. The molecule has 110 valence electrons. The zero-order valence-corrected chi connectivity index (χ0v) is 11.3. The Hall–Kier alpha value is -1.27. The minimum absolute atomic E-state index is 0.351. The lowest BCUT2D eigenvalue weighted by atomic mass is 10.00. The summed E-state index contributed by atoms with van der Waals surface area (Å²) in [6, 6.07) is 5.43. The van der Waals surface area contributed by atoms with Crippen molar-refractivity contribution in [2.24, 2.45) is 0 Å². The minimum atomic E-state index is -4.41. The number of amides is 1. The normalized spacial score (nSPS) is 15.1.